The largest absolute Gasteiger partial charge is 0.368 e. The van der Waals surface area contributed by atoms with Crippen molar-refractivity contribution >= 4 is 22.9 Å². The van der Waals surface area contributed by atoms with Crippen molar-refractivity contribution in [1.29, 1.82) is 0 Å². The Kier molecular flexibility index (Phi) is 6.08. The van der Waals surface area contributed by atoms with Crippen LogP contribution in [0, 0.1) is 0 Å². The van der Waals surface area contributed by atoms with Gasteiger partial charge in [-0.2, -0.15) is 0 Å². The Labute approximate surface area is 152 Å². The van der Waals surface area contributed by atoms with E-state index in [0.29, 0.717) is 6.61 Å². The van der Waals surface area contributed by atoms with Gasteiger partial charge in [-0.25, -0.2) is 0 Å². The van der Waals surface area contributed by atoms with E-state index in [0.717, 1.165) is 23.4 Å². The molecule has 0 aliphatic rings. The van der Waals surface area contributed by atoms with E-state index in [-0.39, 0.29) is 6.10 Å². The van der Waals surface area contributed by atoms with Gasteiger partial charge in [0.25, 0.3) is 0 Å². The quantitative estimate of drug-likeness (QED) is 0.471. The van der Waals surface area contributed by atoms with Crippen LogP contribution in [-0.4, -0.2) is 0 Å². The van der Waals surface area contributed by atoms with E-state index in [4.69, 9.17) is 16.3 Å². The number of ether oxygens (including phenoxy) is 1. The van der Waals surface area contributed by atoms with Crippen LogP contribution in [0.5, 0.6) is 0 Å². The fourth-order valence-electron chi connectivity index (χ4n) is 2.61. The maximum absolute atomic E-state index is 6.04. The Balaban J connectivity index is 1.50. The normalized spacial score (nSPS) is 12.2. The van der Waals surface area contributed by atoms with E-state index in [9.17, 15) is 0 Å². The predicted octanol–water partition coefficient (Wildman–Crippen LogP) is 6.46. The minimum atomic E-state index is 0.0403. The molecule has 124 valence electrons. The summed E-state index contributed by atoms with van der Waals surface area (Å²) in [6.07, 6.45) is 2.21. The number of aryl methyl sites for hydroxylation is 2. The molecule has 0 radical (unpaired) electrons. The van der Waals surface area contributed by atoms with Crippen LogP contribution in [-0.2, 0) is 24.2 Å². The highest BCUT2D eigenvalue weighted by molar-refractivity contribution is 7.11. The first kappa shape index (κ1) is 17.2. The summed E-state index contributed by atoms with van der Waals surface area (Å²) in [7, 11) is 0. The summed E-state index contributed by atoms with van der Waals surface area (Å²) in [6.45, 7) is 2.71. The summed E-state index contributed by atoms with van der Waals surface area (Å²) in [4.78, 5) is 2.68. The molecule has 0 fully saturated rings. The highest BCUT2D eigenvalue weighted by atomic mass is 35.5. The van der Waals surface area contributed by atoms with Crippen molar-refractivity contribution in [2.45, 2.75) is 32.5 Å². The van der Waals surface area contributed by atoms with E-state index in [1.165, 1.54) is 15.3 Å². The third-order valence-corrected chi connectivity index (χ3v) is 5.37. The average molecular weight is 357 g/mol. The minimum absolute atomic E-state index is 0.0403. The van der Waals surface area contributed by atoms with Gasteiger partial charge in [0, 0.05) is 14.8 Å². The summed E-state index contributed by atoms with van der Waals surface area (Å²) < 4.78 is 6.00. The number of rotatable bonds is 7. The number of halogens is 1. The van der Waals surface area contributed by atoms with E-state index >= 15 is 0 Å². The Morgan fingerprint density at radius 1 is 0.917 bits per heavy atom. The van der Waals surface area contributed by atoms with Gasteiger partial charge in [0.2, 0.25) is 0 Å². The summed E-state index contributed by atoms with van der Waals surface area (Å²) in [5.41, 5.74) is 2.50. The second-order valence-electron chi connectivity index (χ2n) is 5.86. The van der Waals surface area contributed by atoms with Crippen molar-refractivity contribution in [1.82, 2.24) is 0 Å². The molecule has 0 bridgehead atoms. The van der Waals surface area contributed by atoms with Crippen LogP contribution in [0.3, 0.4) is 0 Å². The number of benzene rings is 2. The molecule has 1 aromatic heterocycles. The summed E-state index contributed by atoms with van der Waals surface area (Å²) in [5.74, 6) is 0. The highest BCUT2D eigenvalue weighted by Gasteiger charge is 2.08. The average Bonchev–Trinajstić information content (AvgIpc) is 3.07. The molecular formula is C21H21ClOS. The van der Waals surface area contributed by atoms with Gasteiger partial charge in [0.15, 0.2) is 0 Å². The molecule has 0 aliphatic heterocycles. The van der Waals surface area contributed by atoms with Gasteiger partial charge < -0.3 is 4.74 Å². The Bertz CT molecular complexity index is 766. The summed E-state index contributed by atoms with van der Waals surface area (Å²) >= 11 is 7.88. The van der Waals surface area contributed by atoms with Crippen molar-refractivity contribution in [3.8, 4) is 0 Å². The van der Waals surface area contributed by atoms with Gasteiger partial charge in [-0.1, -0.05) is 54.1 Å². The molecule has 1 atom stereocenters. The van der Waals surface area contributed by atoms with Crippen molar-refractivity contribution in [3.63, 3.8) is 0 Å². The number of thiophene rings is 1. The van der Waals surface area contributed by atoms with E-state index in [2.05, 4.69) is 55.5 Å². The molecule has 24 heavy (non-hydrogen) atoms. The van der Waals surface area contributed by atoms with Gasteiger partial charge in [-0.05, 0) is 55.2 Å². The lowest BCUT2D eigenvalue weighted by molar-refractivity contribution is 0.0542. The smallest absolute Gasteiger partial charge is 0.0817 e. The lowest BCUT2D eigenvalue weighted by Crippen LogP contribution is -1.99. The molecular weight excluding hydrogens is 336 g/mol. The monoisotopic (exact) mass is 356 g/mol. The third kappa shape index (κ3) is 4.94. The van der Waals surface area contributed by atoms with Gasteiger partial charge in [-0.3, -0.25) is 0 Å². The van der Waals surface area contributed by atoms with Crippen LogP contribution in [0.4, 0.5) is 0 Å². The Hall–Kier alpha value is -1.61. The zero-order valence-corrected chi connectivity index (χ0v) is 15.3. The molecule has 0 saturated heterocycles. The summed E-state index contributed by atoms with van der Waals surface area (Å²) in [5, 5.41) is 0.752. The topological polar surface area (TPSA) is 9.23 Å². The molecule has 1 unspecified atom stereocenters. The fraction of sp³-hybridized carbons (Fsp3) is 0.238. The van der Waals surface area contributed by atoms with Gasteiger partial charge >= 0.3 is 0 Å². The van der Waals surface area contributed by atoms with Gasteiger partial charge in [-0.15, -0.1) is 11.3 Å². The van der Waals surface area contributed by atoms with Crippen LogP contribution >= 0.6 is 22.9 Å². The Morgan fingerprint density at radius 2 is 1.71 bits per heavy atom. The number of hydrogen-bond acceptors (Lipinski definition) is 2. The van der Waals surface area contributed by atoms with E-state index in [1.54, 1.807) is 0 Å². The highest BCUT2D eigenvalue weighted by Crippen LogP contribution is 2.24. The van der Waals surface area contributed by atoms with Crippen LogP contribution in [0.2, 0.25) is 5.02 Å². The van der Waals surface area contributed by atoms with Crippen LogP contribution in [0.1, 0.15) is 33.9 Å². The van der Waals surface area contributed by atoms with Crippen LogP contribution in [0.15, 0.2) is 66.7 Å². The first-order chi connectivity index (χ1) is 11.7. The van der Waals surface area contributed by atoms with Gasteiger partial charge in [0.1, 0.15) is 0 Å². The van der Waals surface area contributed by atoms with Crippen LogP contribution in [0.25, 0.3) is 0 Å². The summed E-state index contributed by atoms with van der Waals surface area (Å²) in [6, 6.07) is 22.9. The standard InChI is InChI=1S/C21H21ClOS/c1-16(18-8-5-9-19(22)14-18)23-15-21-13-12-20(24-21)11-10-17-6-3-2-4-7-17/h2-9,12-14,16H,10-11,15H2,1H3. The third-order valence-electron chi connectivity index (χ3n) is 4.01. The maximum Gasteiger partial charge on any atom is 0.0817 e. The molecule has 0 spiro atoms. The van der Waals surface area contributed by atoms with Crippen LogP contribution < -0.4 is 0 Å². The molecule has 1 heterocycles. The molecule has 1 nitrogen and oxygen atoms in total. The zero-order chi connectivity index (χ0) is 16.8. The first-order valence-corrected chi connectivity index (χ1v) is 9.39. The molecule has 0 N–H and O–H groups in total. The van der Waals surface area contributed by atoms with E-state index < -0.39 is 0 Å². The lowest BCUT2D eigenvalue weighted by Gasteiger charge is -2.13. The molecule has 0 aliphatic carbocycles. The minimum Gasteiger partial charge on any atom is -0.368 e. The molecule has 3 rings (SSSR count). The SMILES string of the molecule is CC(OCc1ccc(CCc2ccccc2)s1)c1cccc(Cl)c1. The predicted molar refractivity (Wildman–Crippen MR) is 103 cm³/mol. The first-order valence-electron chi connectivity index (χ1n) is 8.19. The lowest BCUT2D eigenvalue weighted by atomic mass is 10.1. The second kappa shape index (κ2) is 8.48. The second-order valence-corrected chi connectivity index (χ2v) is 7.55. The fourth-order valence-corrected chi connectivity index (χ4v) is 3.75. The number of hydrogen-bond donors (Lipinski definition) is 0. The molecule has 2 aromatic carbocycles. The maximum atomic E-state index is 6.04. The van der Waals surface area contributed by atoms with Gasteiger partial charge in [0.05, 0.1) is 12.7 Å². The molecule has 0 amide bonds. The van der Waals surface area contributed by atoms with Crippen molar-refractivity contribution in [3.05, 3.63) is 92.6 Å². The van der Waals surface area contributed by atoms with E-state index in [1.807, 2.05) is 29.5 Å². The van der Waals surface area contributed by atoms with Crippen molar-refractivity contribution in [2.75, 3.05) is 0 Å². The van der Waals surface area contributed by atoms with Crippen molar-refractivity contribution < 1.29 is 4.74 Å². The molecule has 3 heteroatoms. The zero-order valence-electron chi connectivity index (χ0n) is 13.7. The van der Waals surface area contributed by atoms with Crippen molar-refractivity contribution in [2.24, 2.45) is 0 Å². The molecule has 0 saturated carbocycles. The Morgan fingerprint density at radius 3 is 2.50 bits per heavy atom. The molecule has 3 aromatic rings.